The van der Waals surface area contributed by atoms with Crippen molar-refractivity contribution in [2.24, 2.45) is 0 Å². The molecule has 3 atom stereocenters. The number of carbonyl (C=O) groups excluding carboxylic acids is 2. The van der Waals surface area contributed by atoms with E-state index in [2.05, 4.69) is 5.32 Å². The second-order valence-electron chi connectivity index (χ2n) is 6.56. The van der Waals surface area contributed by atoms with Crippen LogP contribution < -0.4 is 14.8 Å². The van der Waals surface area contributed by atoms with E-state index in [9.17, 15) is 9.59 Å². The predicted octanol–water partition coefficient (Wildman–Crippen LogP) is 1.57. The van der Waals surface area contributed by atoms with E-state index < -0.39 is 6.04 Å². The van der Waals surface area contributed by atoms with Gasteiger partial charge in [0.1, 0.15) is 11.4 Å². The Morgan fingerprint density at radius 3 is 2.92 bits per heavy atom. The van der Waals surface area contributed by atoms with Gasteiger partial charge in [-0.15, -0.1) is 11.8 Å². The van der Waals surface area contributed by atoms with Crippen LogP contribution in [0.3, 0.4) is 0 Å². The Balaban J connectivity index is 1.54. The van der Waals surface area contributed by atoms with Gasteiger partial charge in [0.05, 0.1) is 25.9 Å². The number of nitrogens with one attached hydrogen (secondary N) is 1. The van der Waals surface area contributed by atoms with Crippen molar-refractivity contribution in [2.45, 2.75) is 30.4 Å². The molecule has 3 aliphatic heterocycles. The molecule has 4 rings (SSSR count). The first-order valence-corrected chi connectivity index (χ1v) is 9.79. The van der Waals surface area contributed by atoms with E-state index in [4.69, 9.17) is 14.2 Å². The number of rotatable bonds is 5. The highest BCUT2D eigenvalue weighted by Gasteiger charge is 2.50. The summed E-state index contributed by atoms with van der Waals surface area (Å²) in [6.45, 7) is 1.25. The first kappa shape index (κ1) is 17.5. The molecule has 8 heteroatoms. The minimum atomic E-state index is -0.484. The summed E-state index contributed by atoms with van der Waals surface area (Å²) < 4.78 is 16.3. The van der Waals surface area contributed by atoms with E-state index in [1.165, 1.54) is 7.11 Å². The van der Waals surface area contributed by atoms with Crippen LogP contribution in [0, 0.1) is 0 Å². The molecule has 0 aromatic heterocycles. The lowest BCUT2D eigenvalue weighted by atomic mass is 10.1. The molecule has 0 aliphatic carbocycles. The lowest BCUT2D eigenvalue weighted by Gasteiger charge is -2.23. The third kappa shape index (κ3) is 2.72. The molecule has 1 aromatic carbocycles. The van der Waals surface area contributed by atoms with E-state index in [1.54, 1.807) is 29.8 Å². The fraction of sp³-hybridized carbons (Fsp3) is 0.556. The SMILES string of the molecule is COc1ccc2c(c1OC)C(=O)N1[C@H](C(=O)NC[C@H]3CCCO3)CS[C@@H]21. The van der Waals surface area contributed by atoms with Gasteiger partial charge in [0, 0.05) is 24.5 Å². The summed E-state index contributed by atoms with van der Waals surface area (Å²) >= 11 is 1.60. The molecular formula is C18H22N2O5S. The standard InChI is InChI=1S/C18H22N2O5S/c1-23-13-6-5-11-14(15(13)24-2)17(22)20-12(9-26-18(11)20)16(21)19-8-10-4-3-7-25-10/h5-6,10,12,18H,3-4,7-9H2,1-2H3,(H,19,21)/t10-,12+,18+/m1/s1. The summed E-state index contributed by atoms with van der Waals surface area (Å²) in [5, 5.41) is 2.79. The van der Waals surface area contributed by atoms with Crippen LogP contribution in [-0.4, -0.2) is 62.0 Å². The smallest absolute Gasteiger partial charge is 0.260 e. The lowest BCUT2D eigenvalue weighted by molar-refractivity contribution is -0.125. The van der Waals surface area contributed by atoms with Crippen molar-refractivity contribution in [3.63, 3.8) is 0 Å². The van der Waals surface area contributed by atoms with Crippen LogP contribution in [0.15, 0.2) is 12.1 Å². The summed E-state index contributed by atoms with van der Waals surface area (Å²) in [4.78, 5) is 27.4. The number of carbonyl (C=O) groups is 2. The molecule has 2 amide bonds. The maximum absolute atomic E-state index is 13.1. The molecule has 0 saturated carbocycles. The zero-order valence-electron chi connectivity index (χ0n) is 14.8. The third-order valence-electron chi connectivity index (χ3n) is 5.12. The summed E-state index contributed by atoms with van der Waals surface area (Å²) in [6, 6.07) is 3.21. The molecule has 0 unspecified atom stereocenters. The highest BCUT2D eigenvalue weighted by molar-refractivity contribution is 7.99. The van der Waals surface area contributed by atoms with E-state index in [1.807, 2.05) is 6.07 Å². The Bertz CT molecular complexity index is 735. The quantitative estimate of drug-likeness (QED) is 0.838. The van der Waals surface area contributed by atoms with Crippen LogP contribution in [-0.2, 0) is 9.53 Å². The maximum Gasteiger partial charge on any atom is 0.260 e. The molecule has 3 heterocycles. The lowest BCUT2D eigenvalue weighted by Crippen LogP contribution is -2.47. The van der Waals surface area contributed by atoms with Crippen molar-refractivity contribution in [3.05, 3.63) is 23.3 Å². The fourth-order valence-corrected chi connectivity index (χ4v) is 5.29. The van der Waals surface area contributed by atoms with Gasteiger partial charge in [-0.05, 0) is 18.9 Å². The number of fused-ring (bicyclic) bond motifs is 3. The summed E-state index contributed by atoms with van der Waals surface area (Å²) in [7, 11) is 3.06. The monoisotopic (exact) mass is 378 g/mol. The molecule has 2 saturated heterocycles. The summed E-state index contributed by atoms with van der Waals surface area (Å²) in [5.41, 5.74) is 1.38. The molecule has 140 valence electrons. The van der Waals surface area contributed by atoms with Gasteiger partial charge in [-0.1, -0.05) is 6.07 Å². The molecule has 0 radical (unpaired) electrons. The Hall–Kier alpha value is -1.93. The topological polar surface area (TPSA) is 77.1 Å². The van der Waals surface area contributed by atoms with Gasteiger partial charge in [0.25, 0.3) is 5.91 Å². The Kier molecular flexibility index (Phi) is 4.71. The highest BCUT2D eigenvalue weighted by Crippen LogP contribution is 2.52. The molecular weight excluding hydrogens is 356 g/mol. The molecule has 26 heavy (non-hydrogen) atoms. The number of thioether (sulfide) groups is 1. The number of nitrogens with zero attached hydrogens (tertiary/aromatic N) is 1. The summed E-state index contributed by atoms with van der Waals surface area (Å²) in [5.74, 6) is 1.24. The minimum Gasteiger partial charge on any atom is -0.493 e. The molecule has 0 spiro atoms. The van der Waals surface area contributed by atoms with Crippen molar-refractivity contribution in [2.75, 3.05) is 33.1 Å². The molecule has 1 N–H and O–H groups in total. The van der Waals surface area contributed by atoms with Crippen LogP contribution in [0.25, 0.3) is 0 Å². The van der Waals surface area contributed by atoms with Crippen LogP contribution in [0.1, 0.15) is 34.1 Å². The van der Waals surface area contributed by atoms with Gasteiger partial charge >= 0.3 is 0 Å². The first-order chi connectivity index (χ1) is 12.7. The number of hydrogen-bond donors (Lipinski definition) is 1. The van der Waals surface area contributed by atoms with Gasteiger partial charge in [-0.3, -0.25) is 9.59 Å². The maximum atomic E-state index is 13.1. The predicted molar refractivity (Wildman–Crippen MR) is 96.7 cm³/mol. The number of ether oxygens (including phenoxy) is 3. The third-order valence-corrected chi connectivity index (χ3v) is 6.43. The number of benzene rings is 1. The molecule has 1 aromatic rings. The van der Waals surface area contributed by atoms with E-state index >= 15 is 0 Å². The van der Waals surface area contributed by atoms with Crippen molar-refractivity contribution < 1.29 is 23.8 Å². The molecule has 3 aliphatic rings. The van der Waals surface area contributed by atoms with Crippen molar-refractivity contribution in [3.8, 4) is 11.5 Å². The Labute approximate surface area is 156 Å². The van der Waals surface area contributed by atoms with Gasteiger partial charge in [-0.25, -0.2) is 0 Å². The highest BCUT2D eigenvalue weighted by atomic mass is 32.2. The Morgan fingerprint density at radius 1 is 1.38 bits per heavy atom. The van der Waals surface area contributed by atoms with Crippen molar-refractivity contribution >= 4 is 23.6 Å². The van der Waals surface area contributed by atoms with E-state index in [0.29, 0.717) is 29.4 Å². The fourth-order valence-electron chi connectivity index (χ4n) is 3.83. The normalized spacial score (nSPS) is 26.6. The second-order valence-corrected chi connectivity index (χ2v) is 7.67. The number of amides is 2. The van der Waals surface area contributed by atoms with Crippen molar-refractivity contribution in [1.82, 2.24) is 10.2 Å². The zero-order chi connectivity index (χ0) is 18.3. The second kappa shape index (κ2) is 7.00. The number of methoxy groups -OCH3 is 2. The minimum absolute atomic E-state index is 0.0830. The molecule has 0 bridgehead atoms. The van der Waals surface area contributed by atoms with Crippen LogP contribution in [0.4, 0.5) is 0 Å². The average Bonchev–Trinajstić information content (AvgIpc) is 3.37. The zero-order valence-corrected chi connectivity index (χ0v) is 15.6. The first-order valence-electron chi connectivity index (χ1n) is 8.74. The van der Waals surface area contributed by atoms with Crippen LogP contribution in [0.5, 0.6) is 11.5 Å². The van der Waals surface area contributed by atoms with Gasteiger partial charge in [0.2, 0.25) is 5.91 Å². The van der Waals surface area contributed by atoms with Gasteiger partial charge < -0.3 is 24.4 Å². The van der Waals surface area contributed by atoms with Gasteiger partial charge in [-0.2, -0.15) is 0 Å². The average molecular weight is 378 g/mol. The van der Waals surface area contributed by atoms with Gasteiger partial charge in [0.15, 0.2) is 11.5 Å². The van der Waals surface area contributed by atoms with Crippen LogP contribution in [0.2, 0.25) is 0 Å². The van der Waals surface area contributed by atoms with Crippen molar-refractivity contribution in [1.29, 1.82) is 0 Å². The Morgan fingerprint density at radius 2 is 2.23 bits per heavy atom. The molecule has 2 fully saturated rings. The van der Waals surface area contributed by atoms with E-state index in [0.717, 1.165) is 25.0 Å². The molecule has 7 nitrogen and oxygen atoms in total. The summed E-state index contributed by atoms with van der Waals surface area (Å²) in [6.07, 6.45) is 2.08. The largest absolute Gasteiger partial charge is 0.493 e. The van der Waals surface area contributed by atoms with E-state index in [-0.39, 0.29) is 23.3 Å². The number of hydrogen-bond acceptors (Lipinski definition) is 6. The van der Waals surface area contributed by atoms with Crippen LogP contribution >= 0.6 is 11.8 Å².